The number of carboxylic acid groups (broad SMARTS) is 2. The molecule has 5 aliphatic carbocycles. The fourth-order valence-electron chi connectivity index (χ4n) is 13.5. The van der Waals surface area contributed by atoms with E-state index in [2.05, 4.69) is 59.9 Å². The number of hydrogen-bond acceptors (Lipinski definition) is 5. The summed E-state index contributed by atoms with van der Waals surface area (Å²) in [5, 5.41) is 21.7. The van der Waals surface area contributed by atoms with Crippen molar-refractivity contribution in [2.24, 2.45) is 55.7 Å². The summed E-state index contributed by atoms with van der Waals surface area (Å²) >= 11 is 0. The second-order valence-electron chi connectivity index (χ2n) is 21.7. The Kier molecular flexibility index (Phi) is 12.8. The molecule has 0 aromatic heterocycles. The van der Waals surface area contributed by atoms with Crippen molar-refractivity contribution in [1.29, 1.82) is 0 Å². The average Bonchev–Trinajstić information content (AvgIpc) is 3.07. The van der Waals surface area contributed by atoms with Gasteiger partial charge in [0.05, 0.1) is 17.3 Å². The van der Waals surface area contributed by atoms with Crippen molar-refractivity contribution >= 4 is 23.8 Å². The second kappa shape index (κ2) is 16.1. The van der Waals surface area contributed by atoms with E-state index < -0.39 is 28.7 Å². The van der Waals surface area contributed by atoms with Crippen LogP contribution in [-0.2, 0) is 23.9 Å². The number of esters is 1. The number of ether oxygens (including phenoxy) is 1. The van der Waals surface area contributed by atoms with Gasteiger partial charge in [-0.05, 0) is 130 Å². The van der Waals surface area contributed by atoms with E-state index >= 15 is 0 Å². The molecule has 55 heavy (non-hydrogen) atoms. The Hall–Kier alpha value is -2.38. The first-order chi connectivity index (χ1) is 25.6. The third-order valence-corrected chi connectivity index (χ3v) is 17.0. The summed E-state index contributed by atoms with van der Waals surface area (Å²) in [6, 6.07) is 0. The summed E-state index contributed by atoms with van der Waals surface area (Å²) < 4.78 is 6.26. The minimum Gasteiger partial charge on any atom is -0.481 e. The van der Waals surface area contributed by atoms with Crippen molar-refractivity contribution in [3.05, 3.63) is 11.6 Å². The van der Waals surface area contributed by atoms with E-state index in [1.807, 2.05) is 0 Å². The molecule has 0 spiro atoms. The van der Waals surface area contributed by atoms with E-state index in [0.717, 1.165) is 116 Å². The van der Waals surface area contributed by atoms with Crippen LogP contribution >= 0.6 is 0 Å². The Morgan fingerprint density at radius 3 is 1.96 bits per heavy atom. The van der Waals surface area contributed by atoms with Crippen LogP contribution in [0.15, 0.2) is 11.6 Å². The molecule has 5 rings (SSSR count). The molecule has 0 saturated heterocycles. The lowest BCUT2D eigenvalue weighted by Gasteiger charge is -2.72. The van der Waals surface area contributed by atoms with Gasteiger partial charge in [0.25, 0.3) is 0 Å². The number of rotatable bonds is 16. The Morgan fingerprint density at radius 2 is 1.33 bits per heavy atom. The van der Waals surface area contributed by atoms with E-state index in [0.29, 0.717) is 17.8 Å². The maximum atomic E-state index is 14.5. The van der Waals surface area contributed by atoms with Gasteiger partial charge in [0, 0.05) is 18.4 Å². The van der Waals surface area contributed by atoms with Crippen molar-refractivity contribution in [3.8, 4) is 0 Å². The third-order valence-electron chi connectivity index (χ3n) is 17.0. The molecule has 8 atom stereocenters. The van der Waals surface area contributed by atoms with Gasteiger partial charge in [-0.3, -0.25) is 19.2 Å². The van der Waals surface area contributed by atoms with Crippen LogP contribution in [0.25, 0.3) is 0 Å². The molecular weight excluding hydrogens is 691 g/mol. The minimum atomic E-state index is -1.07. The zero-order chi connectivity index (χ0) is 40.7. The highest BCUT2D eigenvalue weighted by atomic mass is 16.5. The molecule has 5 aliphatic rings. The van der Waals surface area contributed by atoms with Gasteiger partial charge >= 0.3 is 17.9 Å². The van der Waals surface area contributed by atoms with Crippen LogP contribution in [-0.4, -0.2) is 46.7 Å². The number of allylic oxidation sites excluding steroid dienone is 1. The summed E-state index contributed by atoms with van der Waals surface area (Å²) in [4.78, 5) is 50.0. The number of hydrogen-bond donors (Lipinski definition) is 3. The zero-order valence-electron chi connectivity index (χ0n) is 36.2. The number of carboxylic acids is 2. The van der Waals surface area contributed by atoms with Crippen molar-refractivity contribution in [2.75, 3.05) is 6.54 Å². The highest BCUT2D eigenvalue weighted by Crippen LogP contribution is 2.76. The van der Waals surface area contributed by atoms with Gasteiger partial charge in [0.1, 0.15) is 6.10 Å². The van der Waals surface area contributed by atoms with Crippen LogP contribution in [0, 0.1) is 55.7 Å². The molecule has 3 N–H and O–H groups in total. The van der Waals surface area contributed by atoms with Gasteiger partial charge in [0.2, 0.25) is 5.91 Å². The maximum Gasteiger partial charge on any atom is 0.312 e. The lowest BCUT2D eigenvalue weighted by molar-refractivity contribution is -0.235. The molecule has 0 bridgehead atoms. The first-order valence-corrected chi connectivity index (χ1v) is 22.2. The average molecular weight is 768 g/mol. The van der Waals surface area contributed by atoms with Crippen LogP contribution in [0.4, 0.5) is 0 Å². The molecule has 8 heteroatoms. The summed E-state index contributed by atoms with van der Waals surface area (Å²) in [6.45, 7) is 21.1. The van der Waals surface area contributed by atoms with Crippen molar-refractivity contribution < 1.29 is 34.1 Å². The Bertz CT molecular complexity index is 1480. The first kappa shape index (κ1) is 43.7. The normalized spacial score (nSPS) is 36.2. The molecule has 312 valence electrons. The highest BCUT2D eigenvalue weighted by molar-refractivity contribution is 5.87. The van der Waals surface area contributed by atoms with Gasteiger partial charge in [-0.25, -0.2) is 0 Å². The highest BCUT2D eigenvalue weighted by Gasteiger charge is 2.70. The molecule has 0 unspecified atom stereocenters. The van der Waals surface area contributed by atoms with Gasteiger partial charge in [-0.2, -0.15) is 0 Å². The first-order valence-electron chi connectivity index (χ1n) is 22.2. The van der Waals surface area contributed by atoms with Gasteiger partial charge in [-0.15, -0.1) is 0 Å². The number of unbranched alkanes of at least 4 members (excludes halogenated alkanes) is 7. The van der Waals surface area contributed by atoms with Crippen LogP contribution < -0.4 is 5.32 Å². The molecule has 4 fully saturated rings. The minimum absolute atomic E-state index is 0.0747. The van der Waals surface area contributed by atoms with Gasteiger partial charge in [-0.1, -0.05) is 98.6 Å². The Morgan fingerprint density at radius 1 is 0.709 bits per heavy atom. The molecule has 0 aliphatic heterocycles. The predicted octanol–water partition coefficient (Wildman–Crippen LogP) is 10.9. The monoisotopic (exact) mass is 768 g/mol. The van der Waals surface area contributed by atoms with Crippen molar-refractivity contribution in [3.63, 3.8) is 0 Å². The van der Waals surface area contributed by atoms with Gasteiger partial charge in [0.15, 0.2) is 0 Å². The van der Waals surface area contributed by atoms with Crippen molar-refractivity contribution in [1.82, 2.24) is 5.32 Å². The molecular formula is C47H77NO7. The van der Waals surface area contributed by atoms with Crippen LogP contribution in [0.3, 0.4) is 0 Å². The predicted molar refractivity (Wildman–Crippen MR) is 217 cm³/mol. The number of carbonyl (C=O) groups excluding carboxylic acids is 2. The zero-order valence-corrected chi connectivity index (χ0v) is 36.2. The fourth-order valence-corrected chi connectivity index (χ4v) is 13.5. The SMILES string of the molecule is CC1(C)C=C2[C@H]3CC[C@@H]4[C@@]5(C)CC[C@H](OC(=O)C(C)(C)CC(=O)O)C(C)(C)[C@@H]5CC[C@@]4(C)[C@]3(C)CC[C@@]2(C(=O)NCCCCCCCCCCC(=O)O)CC1. The van der Waals surface area contributed by atoms with E-state index in [1.54, 1.807) is 13.8 Å². The molecule has 0 radical (unpaired) electrons. The number of aliphatic carboxylic acids is 2. The van der Waals surface area contributed by atoms with E-state index in [9.17, 15) is 24.3 Å². The molecule has 0 aromatic rings. The summed E-state index contributed by atoms with van der Waals surface area (Å²) in [5.41, 5.74) is 0.161. The van der Waals surface area contributed by atoms with Crippen LogP contribution in [0.2, 0.25) is 0 Å². The topological polar surface area (TPSA) is 130 Å². The van der Waals surface area contributed by atoms with E-state index in [1.165, 1.54) is 12.0 Å². The molecule has 8 nitrogen and oxygen atoms in total. The van der Waals surface area contributed by atoms with Crippen molar-refractivity contribution in [2.45, 2.75) is 197 Å². The quantitative estimate of drug-likeness (QED) is 0.0810. The van der Waals surface area contributed by atoms with E-state index in [4.69, 9.17) is 9.84 Å². The second-order valence-corrected chi connectivity index (χ2v) is 21.7. The Labute approximate surface area is 333 Å². The lowest BCUT2D eigenvalue weighted by atomic mass is 9.32. The summed E-state index contributed by atoms with van der Waals surface area (Å²) in [5.74, 6) is -0.486. The van der Waals surface area contributed by atoms with E-state index in [-0.39, 0.29) is 51.9 Å². The third kappa shape index (κ3) is 8.32. The fraction of sp³-hybridized carbons (Fsp3) is 0.872. The molecule has 1 amide bonds. The smallest absolute Gasteiger partial charge is 0.312 e. The largest absolute Gasteiger partial charge is 0.481 e. The van der Waals surface area contributed by atoms with Crippen LogP contribution in [0.5, 0.6) is 0 Å². The maximum absolute atomic E-state index is 14.5. The Balaban J connectivity index is 1.26. The number of nitrogens with one attached hydrogen (secondary N) is 1. The summed E-state index contributed by atoms with van der Waals surface area (Å²) in [6.07, 6.45) is 21.1. The van der Waals surface area contributed by atoms with Gasteiger partial charge < -0.3 is 20.3 Å². The number of fused-ring (bicyclic) bond motifs is 7. The number of carbonyl (C=O) groups is 4. The number of amides is 1. The lowest BCUT2D eigenvalue weighted by Crippen LogP contribution is -2.66. The summed E-state index contributed by atoms with van der Waals surface area (Å²) in [7, 11) is 0. The molecule has 4 saturated carbocycles. The molecule has 0 heterocycles. The van der Waals surface area contributed by atoms with Crippen LogP contribution in [0.1, 0.15) is 191 Å². The standard InChI is InChI=1S/C47H77NO7/c1-41(2)25-27-47(39(53)48-29-17-15-13-11-10-12-14-16-18-37(49)50)28-26-45(8)32(33(47)30-41)19-20-35-44(7)23-22-36(55-40(54)42(3,4)31-38(51)52)43(5,6)34(44)21-24-46(35,45)9/h30,32,34-36H,10-29,31H2,1-9H3,(H,48,53)(H,49,50)(H,51,52)/t32-,34+,35-,36+,44+,45-,46-,47+/m1/s1. The molecule has 0 aromatic carbocycles.